The summed E-state index contributed by atoms with van der Waals surface area (Å²) >= 11 is 0. The smallest absolute Gasteiger partial charge is 0.261 e. The summed E-state index contributed by atoms with van der Waals surface area (Å²) in [6.07, 6.45) is 0. The summed E-state index contributed by atoms with van der Waals surface area (Å²) in [6, 6.07) is 14.7. The molecule has 0 aliphatic rings. The van der Waals surface area contributed by atoms with E-state index in [1.807, 2.05) is 0 Å². The maximum Gasteiger partial charge on any atom is 0.261 e. The minimum absolute atomic E-state index is 0.0148. The standard InChI is InChI=1S/C17H14FN3O3S/c1-24-17-11-10-16(19-20-17)12-2-6-14(7-3-12)21-25(22,23)15-8-4-13(18)5-9-15/h2-11,21H,1H3. The fourth-order valence-corrected chi connectivity index (χ4v) is 3.18. The average Bonchev–Trinajstić information content (AvgIpc) is 2.62. The summed E-state index contributed by atoms with van der Waals surface area (Å²) in [7, 11) is -2.27. The number of benzene rings is 2. The van der Waals surface area contributed by atoms with Gasteiger partial charge in [0, 0.05) is 17.3 Å². The Balaban J connectivity index is 1.79. The zero-order valence-corrected chi connectivity index (χ0v) is 14.0. The zero-order chi connectivity index (χ0) is 17.9. The number of sulfonamides is 1. The maximum absolute atomic E-state index is 12.9. The van der Waals surface area contributed by atoms with E-state index in [2.05, 4.69) is 14.9 Å². The molecule has 6 nitrogen and oxygen atoms in total. The van der Waals surface area contributed by atoms with Crippen LogP contribution in [0.4, 0.5) is 10.1 Å². The Bertz CT molecular complexity index is 958. The highest BCUT2D eigenvalue weighted by atomic mass is 32.2. The van der Waals surface area contributed by atoms with E-state index in [0.29, 0.717) is 17.3 Å². The lowest BCUT2D eigenvalue weighted by Gasteiger charge is -2.09. The lowest BCUT2D eigenvalue weighted by Crippen LogP contribution is -2.12. The normalized spacial score (nSPS) is 11.1. The molecule has 0 aliphatic carbocycles. The van der Waals surface area contributed by atoms with Crippen LogP contribution < -0.4 is 9.46 Å². The molecule has 2 aromatic carbocycles. The second-order valence-electron chi connectivity index (χ2n) is 5.10. The van der Waals surface area contributed by atoms with Gasteiger partial charge in [-0.15, -0.1) is 10.2 Å². The predicted molar refractivity (Wildman–Crippen MR) is 91.2 cm³/mol. The first kappa shape index (κ1) is 16.8. The third-order valence-electron chi connectivity index (χ3n) is 3.41. The molecule has 8 heteroatoms. The van der Waals surface area contributed by atoms with Crippen LogP contribution in [0.15, 0.2) is 65.6 Å². The van der Waals surface area contributed by atoms with Crippen molar-refractivity contribution >= 4 is 15.7 Å². The Morgan fingerprint density at radius 2 is 1.60 bits per heavy atom. The van der Waals surface area contributed by atoms with Gasteiger partial charge in [-0.2, -0.15) is 0 Å². The Morgan fingerprint density at radius 3 is 2.16 bits per heavy atom. The lowest BCUT2D eigenvalue weighted by molar-refractivity contribution is 0.392. The van der Waals surface area contributed by atoms with Crippen LogP contribution in [0.5, 0.6) is 5.88 Å². The molecule has 1 N–H and O–H groups in total. The maximum atomic E-state index is 12.9. The Labute approximate surface area is 144 Å². The Hall–Kier alpha value is -3.00. The molecule has 128 valence electrons. The van der Waals surface area contributed by atoms with E-state index in [1.54, 1.807) is 36.4 Å². The molecule has 3 rings (SSSR count). The number of hydrogen-bond donors (Lipinski definition) is 1. The van der Waals surface area contributed by atoms with Crippen molar-refractivity contribution in [1.82, 2.24) is 10.2 Å². The van der Waals surface area contributed by atoms with Crippen LogP contribution in [0.25, 0.3) is 11.3 Å². The average molecular weight is 359 g/mol. The number of aromatic nitrogens is 2. The van der Waals surface area contributed by atoms with E-state index in [4.69, 9.17) is 4.74 Å². The Kier molecular flexibility index (Phi) is 4.62. The first-order valence-corrected chi connectivity index (χ1v) is 8.73. The van der Waals surface area contributed by atoms with Crippen LogP contribution in [-0.4, -0.2) is 25.7 Å². The molecule has 3 aromatic rings. The van der Waals surface area contributed by atoms with Crippen molar-refractivity contribution in [2.45, 2.75) is 4.90 Å². The van der Waals surface area contributed by atoms with E-state index in [1.165, 1.54) is 19.2 Å². The molecule has 0 spiro atoms. The number of ether oxygens (including phenoxy) is 1. The number of hydrogen-bond acceptors (Lipinski definition) is 5. The minimum Gasteiger partial charge on any atom is -0.480 e. The molecule has 0 radical (unpaired) electrons. The van der Waals surface area contributed by atoms with Crippen LogP contribution in [0, 0.1) is 5.82 Å². The molecule has 1 heterocycles. The zero-order valence-electron chi connectivity index (χ0n) is 13.2. The van der Waals surface area contributed by atoms with Crippen molar-refractivity contribution in [3.05, 3.63) is 66.5 Å². The van der Waals surface area contributed by atoms with Gasteiger partial charge in [0.2, 0.25) is 5.88 Å². The topological polar surface area (TPSA) is 81.2 Å². The third-order valence-corrected chi connectivity index (χ3v) is 4.80. The first-order chi connectivity index (χ1) is 12.0. The van der Waals surface area contributed by atoms with Gasteiger partial charge in [-0.3, -0.25) is 4.72 Å². The first-order valence-electron chi connectivity index (χ1n) is 7.24. The predicted octanol–water partition coefficient (Wildman–Crippen LogP) is 3.09. The molecule has 0 saturated carbocycles. The van der Waals surface area contributed by atoms with Crippen molar-refractivity contribution in [2.75, 3.05) is 11.8 Å². The van der Waals surface area contributed by atoms with Crippen molar-refractivity contribution in [3.63, 3.8) is 0 Å². The van der Waals surface area contributed by atoms with Crippen LogP contribution in [0.2, 0.25) is 0 Å². The van der Waals surface area contributed by atoms with E-state index < -0.39 is 15.8 Å². The monoisotopic (exact) mass is 359 g/mol. The van der Waals surface area contributed by atoms with E-state index in [9.17, 15) is 12.8 Å². The molecule has 0 atom stereocenters. The molecule has 0 unspecified atom stereocenters. The van der Waals surface area contributed by atoms with E-state index >= 15 is 0 Å². The number of nitrogens with one attached hydrogen (secondary N) is 1. The number of methoxy groups -OCH3 is 1. The fraction of sp³-hybridized carbons (Fsp3) is 0.0588. The molecule has 0 fully saturated rings. The van der Waals surface area contributed by atoms with Crippen LogP contribution in [0.1, 0.15) is 0 Å². The lowest BCUT2D eigenvalue weighted by atomic mass is 10.1. The second-order valence-corrected chi connectivity index (χ2v) is 6.78. The van der Waals surface area contributed by atoms with Gasteiger partial charge >= 0.3 is 0 Å². The fourth-order valence-electron chi connectivity index (χ4n) is 2.12. The third kappa shape index (κ3) is 3.92. The summed E-state index contributed by atoms with van der Waals surface area (Å²) in [5.41, 5.74) is 1.79. The van der Waals surface area contributed by atoms with Gasteiger partial charge in [-0.05, 0) is 42.5 Å². The van der Waals surface area contributed by atoms with Crippen molar-refractivity contribution < 1.29 is 17.5 Å². The largest absolute Gasteiger partial charge is 0.480 e. The second kappa shape index (κ2) is 6.86. The molecular weight excluding hydrogens is 345 g/mol. The number of halogens is 1. The van der Waals surface area contributed by atoms with Crippen molar-refractivity contribution in [2.24, 2.45) is 0 Å². The Morgan fingerprint density at radius 1 is 0.920 bits per heavy atom. The SMILES string of the molecule is COc1ccc(-c2ccc(NS(=O)(=O)c3ccc(F)cc3)cc2)nn1. The van der Waals surface area contributed by atoms with Crippen molar-refractivity contribution in [3.8, 4) is 17.1 Å². The van der Waals surface area contributed by atoms with Gasteiger partial charge in [0.1, 0.15) is 5.82 Å². The number of nitrogens with zero attached hydrogens (tertiary/aromatic N) is 2. The summed E-state index contributed by atoms with van der Waals surface area (Å²) < 4.78 is 44.9. The highest BCUT2D eigenvalue weighted by Crippen LogP contribution is 2.22. The van der Waals surface area contributed by atoms with E-state index in [0.717, 1.165) is 17.7 Å². The molecule has 1 aromatic heterocycles. The van der Waals surface area contributed by atoms with Crippen LogP contribution in [-0.2, 0) is 10.0 Å². The molecular formula is C17H14FN3O3S. The van der Waals surface area contributed by atoms with Gasteiger partial charge < -0.3 is 4.74 Å². The van der Waals surface area contributed by atoms with Gasteiger partial charge in [-0.25, -0.2) is 12.8 Å². The molecule has 0 aliphatic heterocycles. The quantitative estimate of drug-likeness (QED) is 0.757. The summed E-state index contributed by atoms with van der Waals surface area (Å²) in [5.74, 6) is -0.0867. The van der Waals surface area contributed by atoms with Crippen LogP contribution in [0.3, 0.4) is 0 Å². The summed E-state index contributed by atoms with van der Waals surface area (Å²) in [4.78, 5) is -0.0148. The molecule has 0 saturated heterocycles. The van der Waals surface area contributed by atoms with Gasteiger partial charge in [0.05, 0.1) is 17.7 Å². The molecule has 25 heavy (non-hydrogen) atoms. The van der Waals surface area contributed by atoms with Crippen LogP contribution >= 0.6 is 0 Å². The van der Waals surface area contributed by atoms with Crippen molar-refractivity contribution in [1.29, 1.82) is 0 Å². The summed E-state index contributed by atoms with van der Waals surface area (Å²) in [6.45, 7) is 0. The summed E-state index contributed by atoms with van der Waals surface area (Å²) in [5, 5.41) is 7.92. The highest BCUT2D eigenvalue weighted by molar-refractivity contribution is 7.92. The number of rotatable bonds is 5. The molecule has 0 bridgehead atoms. The highest BCUT2D eigenvalue weighted by Gasteiger charge is 2.14. The molecule has 0 amide bonds. The van der Waals surface area contributed by atoms with Gasteiger partial charge in [0.25, 0.3) is 10.0 Å². The number of anilines is 1. The minimum atomic E-state index is -3.78. The van der Waals surface area contributed by atoms with Gasteiger partial charge in [0.15, 0.2) is 0 Å². The van der Waals surface area contributed by atoms with Gasteiger partial charge in [-0.1, -0.05) is 12.1 Å². The van der Waals surface area contributed by atoms with E-state index in [-0.39, 0.29) is 4.90 Å².